The monoisotopic (exact) mass is 407 g/mol. The summed E-state index contributed by atoms with van der Waals surface area (Å²) < 4.78 is 51.9. The van der Waals surface area contributed by atoms with Crippen LogP contribution in [0.5, 0.6) is 0 Å². The van der Waals surface area contributed by atoms with Gasteiger partial charge in [-0.1, -0.05) is 0 Å². The number of benzene rings is 1. The molecule has 12 heteroatoms. The maximum atomic E-state index is 14.2. The molecule has 1 unspecified atom stereocenters. The van der Waals surface area contributed by atoms with Crippen molar-refractivity contribution >= 4 is 41.5 Å². The molecule has 0 aliphatic heterocycles. The molecule has 0 radical (unpaired) electrons. The fourth-order valence-corrected chi connectivity index (χ4v) is 2.33. The number of nitrogens with one attached hydrogen (secondary N) is 3. The van der Waals surface area contributed by atoms with Crippen molar-refractivity contribution in [3.05, 3.63) is 34.6 Å². The van der Waals surface area contributed by atoms with Gasteiger partial charge in [0.05, 0.1) is 28.4 Å². The van der Waals surface area contributed by atoms with Gasteiger partial charge >= 0.3 is 6.18 Å². The average molecular weight is 407 g/mol. The molecule has 0 fully saturated rings. The van der Waals surface area contributed by atoms with Gasteiger partial charge in [-0.05, 0) is 25.1 Å². The predicted molar refractivity (Wildman–Crippen MR) is 96.3 cm³/mol. The van der Waals surface area contributed by atoms with Crippen molar-refractivity contribution in [2.45, 2.75) is 25.6 Å². The lowest BCUT2D eigenvalue weighted by Gasteiger charge is -2.20. The number of anilines is 2. The summed E-state index contributed by atoms with van der Waals surface area (Å²) in [6.07, 6.45) is -5.08. The van der Waals surface area contributed by atoms with Gasteiger partial charge in [0.2, 0.25) is 5.91 Å². The first kappa shape index (κ1) is 22.3. The molecule has 1 aromatic rings. The SMILES string of the molecule is CC(=N)/C=C(\S)Nc1cc(NC(CC(F)(F)F)C(N)=O)c(F)cc1C(N)=O. The van der Waals surface area contributed by atoms with E-state index in [4.69, 9.17) is 16.9 Å². The Morgan fingerprint density at radius 3 is 2.33 bits per heavy atom. The van der Waals surface area contributed by atoms with E-state index < -0.39 is 42.0 Å². The molecule has 27 heavy (non-hydrogen) atoms. The molecule has 7 nitrogen and oxygen atoms in total. The van der Waals surface area contributed by atoms with Crippen LogP contribution in [-0.4, -0.2) is 29.7 Å². The van der Waals surface area contributed by atoms with Gasteiger partial charge in [0.15, 0.2) is 0 Å². The van der Waals surface area contributed by atoms with Crippen molar-refractivity contribution in [1.82, 2.24) is 0 Å². The van der Waals surface area contributed by atoms with Crippen LogP contribution in [0.3, 0.4) is 0 Å². The molecule has 0 saturated heterocycles. The minimum absolute atomic E-state index is 0.0873. The Balaban J connectivity index is 3.31. The zero-order valence-corrected chi connectivity index (χ0v) is 14.8. The lowest BCUT2D eigenvalue weighted by Crippen LogP contribution is -2.39. The van der Waals surface area contributed by atoms with Crippen LogP contribution >= 0.6 is 12.6 Å². The molecule has 148 valence electrons. The summed E-state index contributed by atoms with van der Waals surface area (Å²) in [5.41, 5.74) is 9.29. The first-order chi connectivity index (χ1) is 12.3. The first-order valence-corrected chi connectivity index (χ1v) is 7.73. The maximum absolute atomic E-state index is 14.2. The largest absolute Gasteiger partial charge is 0.391 e. The Kier molecular flexibility index (Phi) is 7.22. The number of carbonyl (C=O) groups is 2. The summed E-state index contributed by atoms with van der Waals surface area (Å²) in [5, 5.41) is 12.1. The summed E-state index contributed by atoms with van der Waals surface area (Å²) in [7, 11) is 0. The highest BCUT2D eigenvalue weighted by Gasteiger charge is 2.35. The van der Waals surface area contributed by atoms with E-state index in [0.717, 1.165) is 6.07 Å². The molecule has 0 saturated carbocycles. The Labute approximate surface area is 157 Å². The lowest BCUT2D eigenvalue weighted by atomic mass is 10.1. The third-order valence-electron chi connectivity index (χ3n) is 3.10. The van der Waals surface area contributed by atoms with Crippen LogP contribution in [0.4, 0.5) is 28.9 Å². The molecule has 0 bridgehead atoms. The molecule has 2 amide bonds. The fourth-order valence-electron chi connectivity index (χ4n) is 2.01. The van der Waals surface area contributed by atoms with Crippen molar-refractivity contribution in [2.24, 2.45) is 11.5 Å². The second-order valence-electron chi connectivity index (χ2n) is 5.50. The number of hydrogen-bond donors (Lipinski definition) is 6. The highest BCUT2D eigenvalue weighted by molar-refractivity contribution is 7.84. The smallest absolute Gasteiger partial charge is 0.371 e. The number of hydrogen-bond acceptors (Lipinski definition) is 6. The second kappa shape index (κ2) is 8.75. The molecular formula is C15H17F4N5O2S. The van der Waals surface area contributed by atoms with Gasteiger partial charge in [-0.3, -0.25) is 9.59 Å². The maximum Gasteiger partial charge on any atom is 0.391 e. The Hall–Kier alpha value is -2.76. The van der Waals surface area contributed by atoms with Crippen LogP contribution in [0.15, 0.2) is 23.2 Å². The number of halogens is 4. The molecule has 0 aliphatic rings. The van der Waals surface area contributed by atoms with E-state index in [2.05, 4.69) is 23.3 Å². The molecule has 7 N–H and O–H groups in total. The highest BCUT2D eigenvalue weighted by atomic mass is 32.1. The van der Waals surface area contributed by atoms with Crippen LogP contribution in [0.1, 0.15) is 23.7 Å². The number of alkyl halides is 3. The Morgan fingerprint density at radius 2 is 1.89 bits per heavy atom. The van der Waals surface area contributed by atoms with E-state index in [1.165, 1.54) is 13.0 Å². The third-order valence-corrected chi connectivity index (χ3v) is 3.34. The van der Waals surface area contributed by atoms with Crippen molar-refractivity contribution in [1.29, 1.82) is 5.41 Å². The number of carbonyl (C=O) groups excluding carboxylic acids is 2. The second-order valence-corrected chi connectivity index (χ2v) is 5.98. The predicted octanol–water partition coefficient (Wildman–Crippen LogP) is 2.37. The topological polar surface area (TPSA) is 134 Å². The van der Waals surface area contributed by atoms with Crippen LogP contribution in [0, 0.1) is 11.2 Å². The number of amides is 2. The summed E-state index contributed by atoms with van der Waals surface area (Å²) in [6, 6.07) is -0.288. The van der Waals surface area contributed by atoms with Gasteiger partial charge in [-0.2, -0.15) is 13.2 Å². The van der Waals surface area contributed by atoms with Crippen molar-refractivity contribution in [3.8, 4) is 0 Å². The highest BCUT2D eigenvalue weighted by Crippen LogP contribution is 2.29. The summed E-state index contributed by atoms with van der Waals surface area (Å²) in [6.45, 7) is 1.44. The number of nitrogens with two attached hydrogens (primary N) is 2. The van der Waals surface area contributed by atoms with E-state index in [1.807, 2.05) is 0 Å². The fraction of sp³-hybridized carbons (Fsp3) is 0.267. The zero-order chi connectivity index (χ0) is 20.9. The molecule has 0 aliphatic carbocycles. The zero-order valence-electron chi connectivity index (χ0n) is 13.9. The van der Waals surface area contributed by atoms with Gasteiger partial charge in [0.1, 0.15) is 11.9 Å². The summed E-state index contributed by atoms with van der Waals surface area (Å²) in [4.78, 5) is 22.7. The normalized spacial score (nSPS) is 13.0. The number of thiol groups is 1. The van der Waals surface area contributed by atoms with Gasteiger partial charge in [-0.25, -0.2) is 4.39 Å². The minimum atomic E-state index is -4.72. The quantitative estimate of drug-likeness (QED) is 0.224. The van der Waals surface area contributed by atoms with E-state index >= 15 is 0 Å². The van der Waals surface area contributed by atoms with Gasteiger partial charge < -0.3 is 27.5 Å². The van der Waals surface area contributed by atoms with Crippen molar-refractivity contribution in [2.75, 3.05) is 10.6 Å². The minimum Gasteiger partial charge on any atom is -0.371 e. The summed E-state index contributed by atoms with van der Waals surface area (Å²) in [5.74, 6) is -3.47. The van der Waals surface area contributed by atoms with Crippen LogP contribution in [0.2, 0.25) is 0 Å². The van der Waals surface area contributed by atoms with E-state index in [-0.39, 0.29) is 22.0 Å². The van der Waals surface area contributed by atoms with E-state index in [0.29, 0.717) is 6.07 Å². The number of allylic oxidation sites excluding steroid dienone is 1. The number of primary amides is 2. The van der Waals surface area contributed by atoms with Crippen LogP contribution in [-0.2, 0) is 4.79 Å². The summed E-state index contributed by atoms with van der Waals surface area (Å²) >= 11 is 4.04. The van der Waals surface area contributed by atoms with Crippen molar-refractivity contribution in [3.63, 3.8) is 0 Å². The van der Waals surface area contributed by atoms with Crippen LogP contribution in [0.25, 0.3) is 0 Å². The van der Waals surface area contributed by atoms with E-state index in [9.17, 15) is 27.2 Å². The number of rotatable bonds is 8. The molecule has 0 aromatic heterocycles. The molecular weight excluding hydrogens is 390 g/mol. The third kappa shape index (κ3) is 7.17. The van der Waals surface area contributed by atoms with Crippen LogP contribution < -0.4 is 22.1 Å². The molecule has 0 heterocycles. The lowest BCUT2D eigenvalue weighted by molar-refractivity contribution is -0.144. The first-order valence-electron chi connectivity index (χ1n) is 7.29. The molecule has 0 spiro atoms. The van der Waals surface area contributed by atoms with E-state index in [1.54, 1.807) is 0 Å². The van der Waals surface area contributed by atoms with Gasteiger partial charge in [0, 0.05) is 5.71 Å². The molecule has 1 aromatic carbocycles. The average Bonchev–Trinajstić information content (AvgIpc) is 2.46. The Morgan fingerprint density at radius 1 is 1.30 bits per heavy atom. The standard InChI is InChI=1S/C15H17F4N5O2S/c1-6(20)2-12(27)24-9-4-10(8(16)3-7(9)13(21)25)23-11(14(22)26)5-15(17,18)19/h2-4,11,20,23-24,27H,5H2,1H3,(H2,21,25)(H2,22,26)/b12-2-,20-6?. The molecule has 1 atom stereocenters. The molecule has 1 rings (SSSR count). The Bertz CT molecular complexity index is 795. The van der Waals surface area contributed by atoms with Gasteiger partial charge in [-0.15, -0.1) is 12.6 Å². The van der Waals surface area contributed by atoms with Gasteiger partial charge in [0.25, 0.3) is 5.91 Å². The van der Waals surface area contributed by atoms with Crippen molar-refractivity contribution < 1.29 is 27.2 Å².